The van der Waals surface area contributed by atoms with Gasteiger partial charge in [0.05, 0.1) is 0 Å². The van der Waals surface area contributed by atoms with E-state index in [0.717, 1.165) is 12.1 Å². The van der Waals surface area contributed by atoms with Crippen molar-refractivity contribution in [2.24, 2.45) is 0 Å². The largest absolute Gasteiger partial charge is 0.263 e. The molecule has 0 saturated carbocycles. The Balaban J connectivity index is 3.39. The Morgan fingerprint density at radius 2 is 2.08 bits per heavy atom. The van der Waals surface area contributed by atoms with Gasteiger partial charge in [-0.1, -0.05) is 0 Å². The van der Waals surface area contributed by atoms with Gasteiger partial charge in [0.25, 0.3) is 9.05 Å². The number of nitrogens with zero attached hydrogens (tertiary/aromatic N) is 1. The van der Waals surface area contributed by atoms with Gasteiger partial charge in [-0.3, -0.25) is 0 Å². The van der Waals surface area contributed by atoms with Gasteiger partial charge < -0.3 is 0 Å². The van der Waals surface area contributed by atoms with Crippen LogP contribution in [0.15, 0.2) is 17.0 Å². The molecule has 0 amide bonds. The summed E-state index contributed by atoms with van der Waals surface area (Å²) < 4.78 is 33.9. The Morgan fingerprint density at radius 1 is 1.50 bits per heavy atom. The molecule has 0 saturated heterocycles. The fourth-order valence-corrected chi connectivity index (χ4v) is 3.10. The molecule has 0 bridgehead atoms. The first-order valence-electron chi connectivity index (χ1n) is 2.68. The maximum atomic E-state index is 12.4. The molecule has 0 aliphatic rings. The summed E-state index contributed by atoms with van der Waals surface area (Å²) in [6, 6.07) is 2.02. The lowest BCUT2D eigenvalue weighted by molar-refractivity contribution is 0.574. The Kier molecular flexibility index (Phi) is 2.89. The van der Waals surface area contributed by atoms with Crippen molar-refractivity contribution in [1.82, 2.24) is 4.98 Å². The molecule has 0 N–H and O–H groups in total. The van der Waals surface area contributed by atoms with Gasteiger partial charge in [0, 0.05) is 10.7 Å². The van der Waals surface area contributed by atoms with Crippen LogP contribution in [-0.4, -0.2) is 13.4 Å². The molecule has 1 aromatic rings. The smallest absolute Gasteiger partial charge is 0.212 e. The Hall–Kier alpha value is 0.0500. The van der Waals surface area contributed by atoms with Crippen LogP contribution in [-0.2, 0) is 9.05 Å². The molecule has 0 aliphatic heterocycles. The van der Waals surface area contributed by atoms with Gasteiger partial charge in [0.2, 0.25) is 5.95 Å². The molecule has 1 aromatic heterocycles. The zero-order valence-electron chi connectivity index (χ0n) is 5.46. The summed E-state index contributed by atoms with van der Waals surface area (Å²) >= 11 is 1.60. The summed E-state index contributed by atoms with van der Waals surface area (Å²) in [6.07, 6.45) is 0. The minimum absolute atomic E-state index is 0.0302. The number of hydrogen-bond donors (Lipinski definition) is 0. The van der Waals surface area contributed by atoms with E-state index in [1.807, 2.05) is 0 Å². The van der Waals surface area contributed by atoms with Gasteiger partial charge in [0.15, 0.2) is 0 Å². The van der Waals surface area contributed by atoms with E-state index in [9.17, 15) is 12.8 Å². The monoisotopic (exact) mass is 321 g/mol. The average molecular weight is 321 g/mol. The summed E-state index contributed by atoms with van der Waals surface area (Å²) in [4.78, 5) is 3.12. The van der Waals surface area contributed by atoms with Crippen molar-refractivity contribution in [3.63, 3.8) is 0 Å². The highest BCUT2D eigenvalue weighted by molar-refractivity contribution is 14.1. The fraction of sp³-hybridized carbons (Fsp3) is 0. The first-order chi connectivity index (χ1) is 5.41. The summed E-state index contributed by atoms with van der Waals surface area (Å²) in [5.74, 6) is -0.733. The van der Waals surface area contributed by atoms with Gasteiger partial charge in [-0.25, -0.2) is 13.4 Å². The van der Waals surface area contributed by atoms with Crippen LogP contribution in [0.2, 0.25) is 0 Å². The number of aromatic nitrogens is 1. The zero-order valence-corrected chi connectivity index (χ0v) is 9.19. The van der Waals surface area contributed by atoms with Crippen LogP contribution in [0.4, 0.5) is 4.39 Å². The molecule has 0 radical (unpaired) electrons. The van der Waals surface area contributed by atoms with Gasteiger partial charge in [-0.05, 0) is 34.7 Å². The molecule has 12 heavy (non-hydrogen) atoms. The minimum Gasteiger partial charge on any atom is -0.212 e. The summed E-state index contributed by atoms with van der Waals surface area (Å²) in [6.45, 7) is 0. The lowest BCUT2D eigenvalue weighted by Gasteiger charge is -1.97. The van der Waals surface area contributed by atoms with Gasteiger partial charge in [-0.15, -0.1) is 0 Å². The third kappa shape index (κ3) is 2.27. The highest BCUT2D eigenvalue weighted by atomic mass is 127. The molecule has 0 fully saturated rings. The number of hydrogen-bond acceptors (Lipinski definition) is 3. The summed E-state index contributed by atoms with van der Waals surface area (Å²) in [7, 11) is 1.21. The van der Waals surface area contributed by atoms with E-state index in [2.05, 4.69) is 4.98 Å². The van der Waals surface area contributed by atoms with Crippen molar-refractivity contribution in [3.05, 3.63) is 21.8 Å². The molecular formula is C5H2ClFINO2S. The maximum Gasteiger partial charge on any atom is 0.263 e. The maximum absolute atomic E-state index is 12.4. The number of halogens is 3. The summed E-state index contributed by atoms with van der Waals surface area (Å²) in [5, 5.41) is 0. The van der Waals surface area contributed by atoms with E-state index < -0.39 is 15.0 Å². The van der Waals surface area contributed by atoms with E-state index in [1.165, 1.54) is 0 Å². The van der Waals surface area contributed by atoms with E-state index in [1.54, 1.807) is 22.6 Å². The molecule has 0 aromatic carbocycles. The van der Waals surface area contributed by atoms with Crippen LogP contribution in [0, 0.1) is 9.65 Å². The third-order valence-corrected chi connectivity index (χ3v) is 3.59. The molecule has 0 spiro atoms. The second-order valence-electron chi connectivity index (χ2n) is 1.86. The van der Waals surface area contributed by atoms with Crippen LogP contribution in [0.3, 0.4) is 0 Å². The minimum atomic E-state index is -3.81. The highest BCUT2D eigenvalue weighted by Crippen LogP contribution is 2.19. The van der Waals surface area contributed by atoms with E-state index >= 15 is 0 Å². The molecule has 3 nitrogen and oxygen atoms in total. The average Bonchev–Trinajstić information content (AvgIpc) is 1.83. The second kappa shape index (κ2) is 3.43. The van der Waals surface area contributed by atoms with Crippen molar-refractivity contribution < 1.29 is 12.8 Å². The van der Waals surface area contributed by atoms with Crippen molar-refractivity contribution >= 4 is 42.3 Å². The molecule has 66 valence electrons. The second-order valence-corrected chi connectivity index (χ2v) is 5.42. The van der Waals surface area contributed by atoms with E-state index in [0.29, 0.717) is 0 Å². The summed E-state index contributed by atoms with van der Waals surface area (Å²) in [5.41, 5.74) is 0. The first kappa shape index (κ1) is 10.1. The van der Waals surface area contributed by atoms with Gasteiger partial charge >= 0.3 is 0 Å². The topological polar surface area (TPSA) is 47.0 Å². The van der Waals surface area contributed by atoms with Crippen LogP contribution in [0.1, 0.15) is 0 Å². The van der Waals surface area contributed by atoms with Crippen molar-refractivity contribution in [2.45, 2.75) is 4.90 Å². The fourth-order valence-electron chi connectivity index (χ4n) is 0.581. The van der Waals surface area contributed by atoms with Crippen molar-refractivity contribution in [2.75, 3.05) is 0 Å². The van der Waals surface area contributed by atoms with Crippen LogP contribution < -0.4 is 0 Å². The normalized spacial score (nSPS) is 11.6. The van der Waals surface area contributed by atoms with Crippen molar-refractivity contribution in [3.8, 4) is 0 Å². The lowest BCUT2D eigenvalue weighted by atomic mass is 10.5. The zero-order chi connectivity index (χ0) is 9.35. The predicted molar refractivity (Wildman–Crippen MR) is 50.0 cm³/mol. The van der Waals surface area contributed by atoms with Gasteiger partial charge in [-0.2, -0.15) is 4.39 Å². The Morgan fingerprint density at radius 3 is 2.50 bits per heavy atom. The van der Waals surface area contributed by atoms with Crippen molar-refractivity contribution in [1.29, 1.82) is 0 Å². The Bertz CT molecular complexity index is 408. The van der Waals surface area contributed by atoms with E-state index in [4.69, 9.17) is 10.7 Å². The lowest BCUT2D eigenvalue weighted by Crippen LogP contribution is -1.98. The predicted octanol–water partition coefficient (Wildman–Crippen LogP) is 1.75. The van der Waals surface area contributed by atoms with E-state index in [-0.39, 0.29) is 8.60 Å². The SMILES string of the molecule is O=S(=O)(Cl)c1ccc(F)nc1I. The molecular weight excluding hydrogens is 319 g/mol. The first-order valence-corrected chi connectivity index (χ1v) is 6.07. The molecule has 0 atom stereocenters. The van der Waals surface area contributed by atoms with Crippen LogP contribution >= 0.6 is 33.3 Å². The number of rotatable bonds is 1. The third-order valence-electron chi connectivity index (χ3n) is 1.04. The highest BCUT2D eigenvalue weighted by Gasteiger charge is 2.15. The molecule has 1 rings (SSSR count). The molecule has 0 unspecified atom stereocenters. The number of pyridine rings is 1. The van der Waals surface area contributed by atoms with Gasteiger partial charge in [0.1, 0.15) is 8.60 Å². The quantitative estimate of drug-likeness (QED) is 0.450. The van der Waals surface area contributed by atoms with Crippen LogP contribution in [0.5, 0.6) is 0 Å². The standard InChI is InChI=1S/C5H2ClFINO2S/c6-12(10,11)3-1-2-4(7)9-5(3)8/h1-2H. The Labute approximate surface area is 86.5 Å². The molecule has 1 heterocycles. The molecule has 0 aliphatic carbocycles. The van der Waals surface area contributed by atoms with Crippen LogP contribution in [0.25, 0.3) is 0 Å². The molecule has 7 heteroatoms.